The summed E-state index contributed by atoms with van der Waals surface area (Å²) >= 11 is 6.62. The van der Waals surface area contributed by atoms with E-state index >= 15 is 0 Å². The highest BCUT2D eigenvalue weighted by molar-refractivity contribution is 6.35. The first-order chi connectivity index (χ1) is 19.6. The molecule has 10 nitrogen and oxygen atoms in total. The molecule has 2 aromatic heterocycles. The molecule has 0 spiro atoms. The third-order valence-electron chi connectivity index (χ3n) is 8.03. The zero-order valence-corrected chi connectivity index (χ0v) is 23.8. The zero-order chi connectivity index (χ0) is 28.9. The molecular formula is C30H32ClN7O3. The fourth-order valence-electron chi connectivity index (χ4n) is 5.25. The molecule has 41 heavy (non-hydrogen) atoms. The van der Waals surface area contributed by atoms with Crippen LogP contribution >= 0.6 is 11.6 Å². The van der Waals surface area contributed by atoms with Gasteiger partial charge in [0.05, 0.1) is 34.1 Å². The fourth-order valence-corrected chi connectivity index (χ4v) is 5.51. The topological polar surface area (TPSA) is 130 Å². The van der Waals surface area contributed by atoms with Gasteiger partial charge in [0.15, 0.2) is 5.69 Å². The molecule has 2 atom stereocenters. The number of piperazine rings is 1. The lowest BCUT2D eigenvalue weighted by molar-refractivity contribution is 0.0411. The number of fused-ring (bicyclic) bond motifs is 1. The van der Waals surface area contributed by atoms with Crippen molar-refractivity contribution in [3.63, 3.8) is 0 Å². The number of hydrogen-bond acceptors (Lipinski definition) is 7. The second kappa shape index (κ2) is 10.5. The first-order valence-electron chi connectivity index (χ1n) is 13.8. The molecule has 1 saturated carbocycles. The number of nitrogens with two attached hydrogens (primary N) is 1. The molecule has 212 valence electrons. The lowest BCUT2D eigenvalue weighted by Crippen LogP contribution is -2.55. The van der Waals surface area contributed by atoms with Gasteiger partial charge in [-0.2, -0.15) is 0 Å². The number of hydrogen-bond donors (Lipinski definition) is 2. The Bertz CT molecular complexity index is 1630. The minimum absolute atomic E-state index is 0.108. The van der Waals surface area contributed by atoms with Gasteiger partial charge in [-0.25, -0.2) is 9.67 Å². The molecule has 1 aliphatic heterocycles. The highest BCUT2D eigenvalue weighted by Gasteiger charge is 2.33. The summed E-state index contributed by atoms with van der Waals surface area (Å²) in [5.41, 5.74) is 8.23. The summed E-state index contributed by atoms with van der Waals surface area (Å²) in [6.45, 7) is 4.96. The maximum Gasteiger partial charge on any atom is 0.276 e. The van der Waals surface area contributed by atoms with Gasteiger partial charge in [0, 0.05) is 48.7 Å². The second-order valence-electron chi connectivity index (χ2n) is 11.2. The van der Waals surface area contributed by atoms with Crippen molar-refractivity contribution in [1.82, 2.24) is 29.8 Å². The molecule has 0 bridgehead atoms. The molecule has 2 amide bonds. The summed E-state index contributed by atoms with van der Waals surface area (Å²) in [6, 6.07) is 14.7. The van der Waals surface area contributed by atoms with Crippen LogP contribution in [0.5, 0.6) is 0 Å². The van der Waals surface area contributed by atoms with E-state index in [2.05, 4.69) is 10.3 Å². The van der Waals surface area contributed by atoms with Crippen LogP contribution in [0.15, 0.2) is 54.7 Å². The maximum absolute atomic E-state index is 13.5. The highest BCUT2D eigenvalue weighted by Crippen LogP contribution is 2.34. The summed E-state index contributed by atoms with van der Waals surface area (Å²) in [4.78, 5) is 34.9. The fraction of sp³-hybridized carbons (Fsp3) is 0.367. The van der Waals surface area contributed by atoms with Gasteiger partial charge in [-0.1, -0.05) is 47.1 Å². The van der Waals surface area contributed by atoms with E-state index in [4.69, 9.17) is 22.3 Å². The second-order valence-corrected chi connectivity index (χ2v) is 11.6. The Labute approximate surface area is 242 Å². The molecule has 1 aliphatic carbocycles. The smallest absolute Gasteiger partial charge is 0.276 e. The van der Waals surface area contributed by atoms with Gasteiger partial charge in [0.25, 0.3) is 11.8 Å². The Morgan fingerprint density at radius 2 is 1.85 bits per heavy atom. The minimum Gasteiger partial charge on any atom is -0.384 e. The number of carbonyl (C=O) groups is 2. The number of rotatable bonds is 6. The van der Waals surface area contributed by atoms with Crippen molar-refractivity contribution in [2.75, 3.05) is 26.2 Å². The van der Waals surface area contributed by atoms with E-state index in [1.54, 1.807) is 45.8 Å². The van der Waals surface area contributed by atoms with Gasteiger partial charge in [0.1, 0.15) is 0 Å². The van der Waals surface area contributed by atoms with Crippen molar-refractivity contribution >= 4 is 34.3 Å². The number of amides is 2. The van der Waals surface area contributed by atoms with Crippen LogP contribution < -0.4 is 5.73 Å². The van der Waals surface area contributed by atoms with E-state index in [0.29, 0.717) is 58.7 Å². The zero-order valence-electron chi connectivity index (χ0n) is 23.0. The quantitative estimate of drug-likeness (QED) is 0.360. The van der Waals surface area contributed by atoms with E-state index < -0.39 is 5.60 Å². The molecule has 6 rings (SSSR count). The standard InChI is InChI=1S/C30H32ClN7O3/c1-18-15-36(11-12-37(18)29(40)27-16-38(35-34-27)22-8-9-22)28(39)20-5-10-23-24(31)14-25(33-26(23)13-20)19-3-6-21(7-4-19)30(2,41)17-32/h3-7,10,13-14,16,18,22,41H,8-9,11-12,15,17,32H2,1-2H3/t18-,30?/m0/s1. The van der Waals surface area contributed by atoms with Crippen molar-refractivity contribution in [1.29, 1.82) is 0 Å². The average Bonchev–Trinajstić information content (AvgIpc) is 3.72. The van der Waals surface area contributed by atoms with Crippen LogP contribution in [0.2, 0.25) is 5.02 Å². The van der Waals surface area contributed by atoms with E-state index in [1.165, 1.54) is 0 Å². The highest BCUT2D eigenvalue weighted by atomic mass is 35.5. The van der Waals surface area contributed by atoms with Crippen molar-refractivity contribution in [2.45, 2.75) is 44.4 Å². The molecule has 4 aromatic rings. The first kappa shape index (κ1) is 27.3. The van der Waals surface area contributed by atoms with Crippen molar-refractivity contribution < 1.29 is 14.7 Å². The molecule has 3 heterocycles. The van der Waals surface area contributed by atoms with Crippen LogP contribution in [0.4, 0.5) is 0 Å². The van der Waals surface area contributed by atoms with Crippen LogP contribution in [0.3, 0.4) is 0 Å². The predicted octanol–water partition coefficient (Wildman–Crippen LogP) is 3.63. The minimum atomic E-state index is -1.12. The Kier molecular flexibility index (Phi) is 7.01. The summed E-state index contributed by atoms with van der Waals surface area (Å²) in [6.07, 6.45) is 3.86. The third-order valence-corrected chi connectivity index (χ3v) is 8.35. The van der Waals surface area contributed by atoms with Crippen molar-refractivity contribution in [3.8, 4) is 11.3 Å². The Morgan fingerprint density at radius 3 is 2.54 bits per heavy atom. The number of aliphatic hydroxyl groups is 1. The SMILES string of the molecule is C[C@H]1CN(C(=O)c2ccc3c(Cl)cc(-c4ccc(C(C)(O)CN)cc4)nc3c2)CCN1C(=O)c1cn(C2CC2)nn1. The number of benzene rings is 2. The molecular weight excluding hydrogens is 542 g/mol. The number of halogens is 1. The van der Waals surface area contributed by atoms with Gasteiger partial charge in [-0.3, -0.25) is 9.59 Å². The summed E-state index contributed by atoms with van der Waals surface area (Å²) in [5.74, 6) is -0.282. The molecule has 0 radical (unpaired) electrons. The molecule has 11 heteroatoms. The number of aromatic nitrogens is 4. The lowest BCUT2D eigenvalue weighted by Gasteiger charge is -2.39. The molecule has 3 N–H and O–H groups in total. The van der Waals surface area contributed by atoms with Gasteiger partial charge in [-0.15, -0.1) is 5.10 Å². The Hall–Kier alpha value is -3.86. The van der Waals surface area contributed by atoms with Crippen molar-refractivity contribution in [3.05, 3.63) is 76.6 Å². The average molecular weight is 574 g/mol. The van der Waals surface area contributed by atoms with Crippen LogP contribution in [-0.4, -0.2) is 78.9 Å². The number of pyridine rings is 1. The Morgan fingerprint density at radius 1 is 1.10 bits per heavy atom. The first-order valence-corrected chi connectivity index (χ1v) is 14.2. The largest absolute Gasteiger partial charge is 0.384 e. The van der Waals surface area contributed by atoms with E-state index in [0.717, 1.165) is 23.8 Å². The lowest BCUT2D eigenvalue weighted by atomic mass is 9.94. The van der Waals surface area contributed by atoms with Gasteiger partial charge >= 0.3 is 0 Å². The van der Waals surface area contributed by atoms with Crippen LogP contribution in [-0.2, 0) is 5.60 Å². The number of carbonyl (C=O) groups excluding carboxylic acids is 2. The van der Waals surface area contributed by atoms with E-state index in [9.17, 15) is 14.7 Å². The van der Waals surface area contributed by atoms with E-state index in [1.807, 2.05) is 37.3 Å². The van der Waals surface area contributed by atoms with Crippen LogP contribution in [0.25, 0.3) is 22.2 Å². The Balaban J connectivity index is 1.19. The maximum atomic E-state index is 13.5. The monoisotopic (exact) mass is 573 g/mol. The van der Waals surface area contributed by atoms with Crippen molar-refractivity contribution in [2.24, 2.45) is 5.73 Å². The summed E-state index contributed by atoms with van der Waals surface area (Å²) in [5, 5.41) is 19.9. The van der Waals surface area contributed by atoms with Gasteiger partial charge in [0.2, 0.25) is 0 Å². The third kappa shape index (κ3) is 5.30. The molecule has 2 fully saturated rings. The van der Waals surface area contributed by atoms with Gasteiger partial charge < -0.3 is 20.6 Å². The molecule has 1 saturated heterocycles. The predicted molar refractivity (Wildman–Crippen MR) is 156 cm³/mol. The molecule has 2 aromatic carbocycles. The number of nitrogens with zero attached hydrogens (tertiary/aromatic N) is 6. The van der Waals surface area contributed by atoms with Crippen LogP contribution in [0.1, 0.15) is 59.1 Å². The molecule has 1 unspecified atom stereocenters. The van der Waals surface area contributed by atoms with Crippen LogP contribution in [0, 0.1) is 0 Å². The summed E-state index contributed by atoms with van der Waals surface area (Å²) < 4.78 is 1.77. The summed E-state index contributed by atoms with van der Waals surface area (Å²) in [7, 11) is 0. The normalized spacial score (nSPS) is 18.9. The van der Waals surface area contributed by atoms with Gasteiger partial charge in [-0.05, 0) is 50.5 Å². The molecule has 2 aliphatic rings. The van der Waals surface area contributed by atoms with E-state index in [-0.39, 0.29) is 24.4 Å².